The smallest absolute Gasteiger partial charge is 0.290 e. The summed E-state index contributed by atoms with van der Waals surface area (Å²) in [6.45, 7) is 0. The topological polar surface area (TPSA) is 55.0 Å². The van der Waals surface area contributed by atoms with Crippen molar-refractivity contribution in [3.63, 3.8) is 0 Å². The predicted molar refractivity (Wildman–Crippen MR) is 80.6 cm³/mol. The number of furan rings is 1. The minimum Gasteiger partial charge on any atom is -0.480 e. The highest BCUT2D eigenvalue weighted by atomic mass is 16.5. The van der Waals surface area contributed by atoms with E-state index in [1.807, 2.05) is 54.6 Å². The van der Waals surface area contributed by atoms with E-state index >= 15 is 0 Å². The van der Waals surface area contributed by atoms with E-state index < -0.39 is 0 Å². The minimum absolute atomic E-state index is 0.136. The van der Waals surface area contributed by atoms with Gasteiger partial charge in [-0.1, -0.05) is 18.2 Å². The summed E-state index contributed by atoms with van der Waals surface area (Å²) in [5.74, 6) is 1.39. The van der Waals surface area contributed by atoms with Crippen LogP contribution in [-0.2, 0) is 0 Å². The number of para-hydroxylation sites is 1. The van der Waals surface area contributed by atoms with Crippen LogP contribution in [0.25, 0.3) is 0 Å². The lowest BCUT2D eigenvalue weighted by Gasteiger charge is -2.05. The molecule has 21 heavy (non-hydrogen) atoms. The second kappa shape index (κ2) is 5.96. The van der Waals surface area contributed by atoms with Crippen LogP contribution in [0.3, 0.4) is 0 Å². The van der Waals surface area contributed by atoms with Gasteiger partial charge in [0.25, 0.3) is 5.95 Å². The zero-order valence-corrected chi connectivity index (χ0v) is 11.1. The summed E-state index contributed by atoms with van der Waals surface area (Å²) in [5, 5.41) is 9.36. The van der Waals surface area contributed by atoms with Crippen molar-refractivity contribution in [2.45, 2.75) is 0 Å². The lowest BCUT2D eigenvalue weighted by atomic mass is 10.3. The fourth-order valence-corrected chi connectivity index (χ4v) is 1.78. The molecule has 4 heteroatoms. The van der Waals surface area contributed by atoms with Crippen LogP contribution in [0, 0.1) is 0 Å². The summed E-state index contributed by atoms with van der Waals surface area (Å²) in [6, 6.07) is 18.6. The Balaban J connectivity index is 1.70. The first-order valence-electron chi connectivity index (χ1n) is 6.45. The van der Waals surface area contributed by atoms with Crippen LogP contribution in [-0.4, -0.2) is 11.3 Å². The van der Waals surface area contributed by atoms with Crippen LogP contribution < -0.4 is 4.74 Å². The van der Waals surface area contributed by atoms with Gasteiger partial charge in [-0.2, -0.15) is 0 Å². The van der Waals surface area contributed by atoms with Gasteiger partial charge in [0.05, 0.1) is 17.5 Å². The van der Waals surface area contributed by atoms with Crippen molar-refractivity contribution in [3.8, 4) is 17.4 Å². The number of hydrogen-bond acceptors (Lipinski definition) is 4. The van der Waals surface area contributed by atoms with Crippen LogP contribution >= 0.6 is 0 Å². The monoisotopic (exact) mass is 279 g/mol. The SMILES string of the molecule is Oc1occc1C=Nc1ccc(Oc2ccccc2)cc1. The summed E-state index contributed by atoms with van der Waals surface area (Å²) < 4.78 is 10.5. The van der Waals surface area contributed by atoms with Gasteiger partial charge in [-0.05, 0) is 42.5 Å². The normalized spacial score (nSPS) is 10.9. The van der Waals surface area contributed by atoms with E-state index in [0.29, 0.717) is 5.56 Å². The Bertz CT molecular complexity index is 730. The summed E-state index contributed by atoms with van der Waals surface area (Å²) in [7, 11) is 0. The fraction of sp³-hybridized carbons (Fsp3) is 0. The second-order valence-corrected chi connectivity index (χ2v) is 4.35. The van der Waals surface area contributed by atoms with E-state index in [4.69, 9.17) is 9.15 Å². The second-order valence-electron chi connectivity index (χ2n) is 4.35. The number of hydrogen-bond donors (Lipinski definition) is 1. The Kier molecular flexibility index (Phi) is 3.69. The molecule has 0 aliphatic rings. The highest BCUT2D eigenvalue weighted by Gasteiger charge is 2.00. The van der Waals surface area contributed by atoms with E-state index in [0.717, 1.165) is 17.2 Å². The molecule has 1 aromatic heterocycles. The van der Waals surface area contributed by atoms with Crippen LogP contribution in [0.5, 0.6) is 17.4 Å². The third-order valence-corrected chi connectivity index (χ3v) is 2.84. The molecule has 0 unspecified atom stereocenters. The molecule has 1 heterocycles. The lowest BCUT2D eigenvalue weighted by molar-refractivity contribution is 0.332. The van der Waals surface area contributed by atoms with E-state index in [9.17, 15) is 5.11 Å². The molecule has 0 spiro atoms. The molecule has 0 bridgehead atoms. The molecule has 2 aromatic carbocycles. The van der Waals surface area contributed by atoms with Gasteiger partial charge in [0.2, 0.25) is 0 Å². The Hall–Kier alpha value is -3.01. The summed E-state index contributed by atoms with van der Waals surface area (Å²) >= 11 is 0. The molecule has 0 atom stereocenters. The van der Waals surface area contributed by atoms with Crippen molar-refractivity contribution in [2.75, 3.05) is 0 Å². The molecule has 104 valence electrons. The Morgan fingerprint density at radius 3 is 2.29 bits per heavy atom. The zero-order valence-electron chi connectivity index (χ0n) is 11.1. The van der Waals surface area contributed by atoms with Gasteiger partial charge in [-0.15, -0.1) is 0 Å². The van der Waals surface area contributed by atoms with E-state index in [-0.39, 0.29) is 5.95 Å². The highest BCUT2D eigenvalue weighted by Crippen LogP contribution is 2.24. The molecule has 0 saturated carbocycles. The van der Waals surface area contributed by atoms with Crippen LogP contribution in [0.2, 0.25) is 0 Å². The first-order valence-corrected chi connectivity index (χ1v) is 6.45. The van der Waals surface area contributed by atoms with Gasteiger partial charge in [0, 0.05) is 6.21 Å². The summed E-state index contributed by atoms with van der Waals surface area (Å²) in [4.78, 5) is 4.26. The molecule has 0 saturated heterocycles. The van der Waals surface area contributed by atoms with Crippen LogP contribution in [0.4, 0.5) is 5.69 Å². The number of aromatic hydroxyl groups is 1. The van der Waals surface area contributed by atoms with E-state index in [1.54, 1.807) is 12.3 Å². The Morgan fingerprint density at radius 2 is 1.62 bits per heavy atom. The molecule has 0 radical (unpaired) electrons. The zero-order chi connectivity index (χ0) is 14.5. The molecule has 0 fully saturated rings. The van der Waals surface area contributed by atoms with Crippen molar-refractivity contribution in [1.82, 2.24) is 0 Å². The highest BCUT2D eigenvalue weighted by molar-refractivity contribution is 5.84. The van der Waals surface area contributed by atoms with Crippen molar-refractivity contribution in [3.05, 3.63) is 72.5 Å². The van der Waals surface area contributed by atoms with Crippen LogP contribution in [0.1, 0.15) is 5.56 Å². The largest absolute Gasteiger partial charge is 0.480 e. The number of aliphatic imine (C=N–C) groups is 1. The first kappa shape index (κ1) is 13.0. The third kappa shape index (κ3) is 3.30. The third-order valence-electron chi connectivity index (χ3n) is 2.84. The molecule has 0 aliphatic heterocycles. The van der Waals surface area contributed by atoms with Crippen LogP contribution in [0.15, 0.2) is 76.3 Å². The van der Waals surface area contributed by atoms with E-state index in [1.165, 1.54) is 6.26 Å². The average molecular weight is 279 g/mol. The molecule has 1 N–H and O–H groups in total. The van der Waals surface area contributed by atoms with Gasteiger partial charge in [-0.3, -0.25) is 4.99 Å². The molecule has 3 aromatic rings. The van der Waals surface area contributed by atoms with Crippen molar-refractivity contribution in [1.29, 1.82) is 0 Å². The standard InChI is InChI=1S/C17H13NO3/c19-17-13(10-11-20-17)12-18-14-6-8-16(9-7-14)21-15-4-2-1-3-5-15/h1-12,19H. The summed E-state index contributed by atoms with van der Waals surface area (Å²) in [6.07, 6.45) is 2.96. The Morgan fingerprint density at radius 1 is 0.905 bits per heavy atom. The first-order chi connectivity index (χ1) is 10.3. The van der Waals surface area contributed by atoms with Gasteiger partial charge in [-0.25, -0.2) is 0 Å². The minimum atomic E-state index is -0.136. The van der Waals surface area contributed by atoms with Gasteiger partial charge in [0.1, 0.15) is 11.5 Å². The molecule has 3 rings (SSSR count). The maximum Gasteiger partial charge on any atom is 0.290 e. The Labute approximate surface area is 122 Å². The molecule has 0 aliphatic carbocycles. The van der Waals surface area contributed by atoms with Crippen molar-refractivity contribution in [2.24, 2.45) is 4.99 Å². The fourth-order valence-electron chi connectivity index (χ4n) is 1.78. The van der Waals surface area contributed by atoms with Crippen molar-refractivity contribution >= 4 is 11.9 Å². The maximum atomic E-state index is 9.36. The lowest BCUT2D eigenvalue weighted by Crippen LogP contribution is -1.82. The molecule has 4 nitrogen and oxygen atoms in total. The maximum absolute atomic E-state index is 9.36. The van der Waals surface area contributed by atoms with E-state index in [2.05, 4.69) is 4.99 Å². The number of nitrogens with zero attached hydrogens (tertiary/aromatic N) is 1. The molecular weight excluding hydrogens is 266 g/mol. The summed E-state index contributed by atoms with van der Waals surface area (Å²) in [5.41, 5.74) is 1.30. The van der Waals surface area contributed by atoms with Crippen molar-refractivity contribution < 1.29 is 14.3 Å². The van der Waals surface area contributed by atoms with Gasteiger partial charge >= 0.3 is 0 Å². The number of rotatable bonds is 4. The number of ether oxygens (including phenoxy) is 1. The molecule has 0 amide bonds. The average Bonchev–Trinajstić information content (AvgIpc) is 2.93. The quantitative estimate of drug-likeness (QED) is 0.714. The van der Waals surface area contributed by atoms with Gasteiger partial charge < -0.3 is 14.3 Å². The predicted octanol–water partition coefficient (Wildman–Crippen LogP) is 4.53. The number of benzene rings is 2. The molecular formula is C17H13NO3. The van der Waals surface area contributed by atoms with Gasteiger partial charge in [0.15, 0.2) is 0 Å².